The van der Waals surface area contributed by atoms with E-state index in [0.717, 1.165) is 5.69 Å². The van der Waals surface area contributed by atoms with Gasteiger partial charge in [-0.1, -0.05) is 303 Å². The van der Waals surface area contributed by atoms with Gasteiger partial charge in [-0.3, -0.25) is 0 Å². The number of rotatable bonds is 9. The van der Waals surface area contributed by atoms with E-state index in [0.29, 0.717) is 0 Å². The van der Waals surface area contributed by atoms with Crippen molar-refractivity contribution in [2.75, 3.05) is 14.7 Å². The summed E-state index contributed by atoms with van der Waals surface area (Å²) in [4.78, 5) is 7.28. The van der Waals surface area contributed by atoms with Crippen LogP contribution in [0, 0.1) is 0 Å². The van der Waals surface area contributed by atoms with Gasteiger partial charge in [-0.25, -0.2) is 0 Å². The van der Waals surface area contributed by atoms with Crippen molar-refractivity contribution < 1.29 is 0 Å². The molecular weight excluding hydrogens is 1680 g/mol. The van der Waals surface area contributed by atoms with Crippen molar-refractivity contribution in [1.82, 2.24) is 18.3 Å². The van der Waals surface area contributed by atoms with Gasteiger partial charge in [-0.15, -0.1) is 22.7 Å². The number of para-hydroxylation sites is 13. The topological polar surface area (TPSA) is 29.4 Å². The maximum absolute atomic E-state index is 2.48. The van der Waals surface area contributed by atoms with Gasteiger partial charge in [0, 0.05) is 95.8 Å². The summed E-state index contributed by atoms with van der Waals surface area (Å²) in [7, 11) is 0. The quantitative estimate of drug-likeness (QED) is 0.144. The van der Waals surface area contributed by atoms with Gasteiger partial charge >= 0.3 is 0 Å². The fraction of sp³-hybridized carbons (Fsp3) is 0. The molecule has 0 N–H and O–H groups in total. The molecule has 135 heavy (non-hydrogen) atoms. The lowest BCUT2D eigenvalue weighted by Crippen LogP contribution is -2.18. The Bertz CT molecular complexity index is 9550. The summed E-state index contributed by atoms with van der Waals surface area (Å²) in [5.74, 6) is 0. The van der Waals surface area contributed by atoms with Crippen molar-refractivity contribution in [1.29, 1.82) is 0 Å². The molecule has 0 unspecified atom stereocenters. The highest BCUT2D eigenvalue weighted by Crippen LogP contribution is 2.57. The lowest BCUT2D eigenvalue weighted by Gasteiger charge is -2.33. The summed E-state index contributed by atoms with van der Waals surface area (Å²) >= 11 is 3.77. The average molecular weight is 1760 g/mol. The molecule has 30 rings (SSSR count). The molecular formula is C126H79N7S2. The van der Waals surface area contributed by atoms with Gasteiger partial charge in [0.1, 0.15) is 0 Å². The fourth-order valence-corrected chi connectivity index (χ4v) is 24.6. The first-order chi connectivity index (χ1) is 67.0. The van der Waals surface area contributed by atoms with E-state index in [9.17, 15) is 0 Å². The van der Waals surface area contributed by atoms with E-state index in [1.165, 1.54) is 251 Å². The predicted molar refractivity (Wildman–Crippen MR) is 574 cm³/mol. The number of anilines is 9. The zero-order valence-electron chi connectivity index (χ0n) is 73.1. The standard InChI is InChI=1S/C42H27N3.2C42H26N2S/c1-3-12-30(13-4-1)43-36-18-8-7-16-32(36)34-26-28(22-24-37(34)43)29-23-25-38-35(27-29)33-17-11-21-41-42(33)45(38)40-20-10-9-19-39(40)44(41)31-14-5-2-6-15-31;1-2-13-30(14-3-1)43-37-19-5-6-20-38(37)44-36-24-23-28(26-35(36)33-17-10-21-39(43)41(33)44)27-11-8-12-29(25-27)31-16-9-18-34-32-15-4-7-22-40(32)45-42(31)34;1-2-11-27(12-3-1)28-13-8-14-29(25-28)30-23-24-35-34(26-30)32-16-9-20-38-41(32)44(35)37-19-6-5-18-36(37)43(38)39-21-10-17-33-31-15-4-7-22-40(31)45-42(33)39/h1-27H;2*1-26H. The molecule has 630 valence electrons. The maximum atomic E-state index is 2.48. The Morgan fingerprint density at radius 1 is 0.141 bits per heavy atom. The molecule has 21 aromatic carbocycles. The first kappa shape index (κ1) is 76.5. The highest BCUT2D eigenvalue weighted by molar-refractivity contribution is 7.26. The minimum absolute atomic E-state index is 1.16. The van der Waals surface area contributed by atoms with E-state index in [-0.39, 0.29) is 0 Å². The van der Waals surface area contributed by atoms with Crippen LogP contribution in [0.1, 0.15) is 0 Å². The van der Waals surface area contributed by atoms with E-state index in [1.54, 1.807) is 0 Å². The van der Waals surface area contributed by atoms with Crippen molar-refractivity contribution in [2.24, 2.45) is 0 Å². The summed E-state index contributed by atoms with van der Waals surface area (Å²) < 4.78 is 15.1. The molecule has 0 radical (unpaired) electrons. The zero-order valence-corrected chi connectivity index (χ0v) is 74.7. The van der Waals surface area contributed by atoms with Crippen LogP contribution in [0.25, 0.3) is 206 Å². The summed E-state index contributed by atoms with van der Waals surface area (Å²) in [5, 5.41) is 15.4. The van der Waals surface area contributed by atoms with Crippen LogP contribution in [-0.2, 0) is 0 Å². The Morgan fingerprint density at radius 3 is 0.911 bits per heavy atom. The lowest BCUT2D eigenvalue weighted by molar-refractivity contribution is 1.11. The first-order valence-electron chi connectivity index (χ1n) is 46.2. The largest absolute Gasteiger partial charge is 0.309 e. The number of benzene rings is 21. The summed E-state index contributed by atoms with van der Waals surface area (Å²) in [6, 6.07) is 175. The van der Waals surface area contributed by atoms with Gasteiger partial charge in [-0.05, 0) is 232 Å². The SMILES string of the molecule is c1ccc(-c2cccc(-c3ccc4c(c3)c3cccc5c3n4-c3ccccc3N5c3cccc4c3sc3ccccc34)c2)cc1.c1ccc(N2c3ccccc3-n3c4ccc(-c5ccc6c(c5)c5ccccc5n6-c5ccccc5)cc4c4cccc2c43)cc1.c1ccc(N2c3ccccc3-n3c4ccc(-c5cccc(-c6cccc7c6sc6ccccc67)c5)cc4c4cccc2c43)cc1. The second-order valence-electron chi connectivity index (χ2n) is 35.3. The molecule has 6 aromatic heterocycles. The number of hydrogen-bond acceptors (Lipinski definition) is 5. The molecule has 0 saturated heterocycles. The Hall–Kier alpha value is -17.3. The molecule has 0 aliphatic carbocycles. The van der Waals surface area contributed by atoms with Crippen LogP contribution in [0.2, 0.25) is 0 Å². The molecule has 0 amide bonds. The molecule has 3 aliphatic rings. The monoisotopic (exact) mass is 1750 g/mol. The number of fused-ring (bicyclic) bond motifs is 24. The van der Waals surface area contributed by atoms with E-state index in [4.69, 9.17) is 0 Å². The lowest BCUT2D eigenvalue weighted by atomic mass is 9.97. The minimum Gasteiger partial charge on any atom is -0.309 e. The van der Waals surface area contributed by atoms with Gasteiger partial charge in [-0.2, -0.15) is 0 Å². The van der Waals surface area contributed by atoms with Crippen LogP contribution in [0.5, 0.6) is 0 Å². The molecule has 3 aliphatic heterocycles. The highest BCUT2D eigenvalue weighted by Gasteiger charge is 2.34. The van der Waals surface area contributed by atoms with Crippen LogP contribution >= 0.6 is 22.7 Å². The second kappa shape index (κ2) is 30.6. The van der Waals surface area contributed by atoms with Crippen molar-refractivity contribution in [3.05, 3.63) is 479 Å². The van der Waals surface area contributed by atoms with E-state index in [2.05, 4.69) is 512 Å². The third kappa shape index (κ3) is 11.9. The van der Waals surface area contributed by atoms with Crippen molar-refractivity contribution in [3.8, 4) is 78.4 Å². The maximum Gasteiger partial charge on any atom is 0.0783 e. The van der Waals surface area contributed by atoms with Gasteiger partial charge < -0.3 is 33.0 Å². The minimum atomic E-state index is 1.16. The molecule has 0 bridgehead atoms. The highest BCUT2D eigenvalue weighted by atomic mass is 32.1. The summed E-state index contributed by atoms with van der Waals surface area (Å²) in [6.45, 7) is 0. The smallest absolute Gasteiger partial charge is 0.0783 e. The van der Waals surface area contributed by atoms with E-state index >= 15 is 0 Å². The average Bonchev–Trinajstić information content (AvgIpc) is 1.56. The van der Waals surface area contributed by atoms with Crippen LogP contribution in [0.4, 0.5) is 51.2 Å². The Kier molecular flexibility index (Phi) is 17.4. The van der Waals surface area contributed by atoms with Gasteiger partial charge in [0.05, 0.1) is 106 Å². The Balaban J connectivity index is 0.000000101. The molecule has 0 spiro atoms. The number of nitrogens with zero attached hydrogens (tertiary/aromatic N) is 7. The van der Waals surface area contributed by atoms with Crippen molar-refractivity contribution in [3.63, 3.8) is 0 Å². The molecule has 9 heterocycles. The molecule has 27 aromatic rings. The van der Waals surface area contributed by atoms with Crippen LogP contribution < -0.4 is 14.7 Å². The van der Waals surface area contributed by atoms with Crippen molar-refractivity contribution in [2.45, 2.75) is 0 Å². The van der Waals surface area contributed by atoms with Crippen LogP contribution in [-0.4, -0.2) is 18.3 Å². The predicted octanol–water partition coefficient (Wildman–Crippen LogP) is 35.9. The molecule has 0 saturated carbocycles. The Morgan fingerprint density at radius 2 is 0.430 bits per heavy atom. The van der Waals surface area contributed by atoms with Gasteiger partial charge in [0.2, 0.25) is 0 Å². The second-order valence-corrected chi connectivity index (χ2v) is 37.4. The van der Waals surface area contributed by atoms with Crippen molar-refractivity contribution >= 4 is 201 Å². The summed E-state index contributed by atoms with van der Waals surface area (Å²) in [5.41, 5.74) is 37.7. The molecule has 7 nitrogen and oxygen atoms in total. The summed E-state index contributed by atoms with van der Waals surface area (Å²) in [6.07, 6.45) is 0. The number of thiophene rings is 2. The van der Waals surface area contributed by atoms with Gasteiger partial charge in [0.15, 0.2) is 0 Å². The van der Waals surface area contributed by atoms with E-state index < -0.39 is 0 Å². The molecule has 9 heteroatoms. The first-order valence-corrected chi connectivity index (χ1v) is 47.8. The third-order valence-corrected chi connectivity index (χ3v) is 30.4. The van der Waals surface area contributed by atoms with Gasteiger partial charge in [0.25, 0.3) is 0 Å². The van der Waals surface area contributed by atoms with Crippen LogP contribution in [0.3, 0.4) is 0 Å². The fourth-order valence-electron chi connectivity index (χ4n) is 22.1. The molecule has 0 fully saturated rings. The Labute approximate surface area is 786 Å². The zero-order chi connectivity index (χ0) is 88.5. The van der Waals surface area contributed by atoms with E-state index in [1.807, 2.05) is 22.7 Å². The molecule has 0 atom stereocenters. The van der Waals surface area contributed by atoms with Crippen LogP contribution in [0.15, 0.2) is 479 Å². The number of hydrogen-bond donors (Lipinski definition) is 0. The normalized spacial score (nSPS) is 12.4. The third-order valence-electron chi connectivity index (χ3n) is 28.0. The number of aromatic nitrogens is 4.